The Hall–Kier alpha value is -2.68. The third-order valence-corrected chi connectivity index (χ3v) is 5.42. The number of alkyl halides is 3. The van der Waals surface area contributed by atoms with Crippen molar-refractivity contribution < 1.29 is 18.0 Å². The van der Waals surface area contributed by atoms with Gasteiger partial charge in [-0.2, -0.15) is 13.2 Å². The van der Waals surface area contributed by atoms with Gasteiger partial charge in [0.05, 0.1) is 11.6 Å². The zero-order chi connectivity index (χ0) is 19.7. The molecule has 0 radical (unpaired) electrons. The van der Waals surface area contributed by atoms with Gasteiger partial charge >= 0.3 is 6.18 Å². The molecule has 0 bridgehead atoms. The second-order valence-electron chi connectivity index (χ2n) is 7.09. The number of anilines is 1. The van der Waals surface area contributed by atoms with Crippen molar-refractivity contribution in [1.29, 1.82) is 0 Å². The van der Waals surface area contributed by atoms with E-state index in [1.165, 1.54) is 11.1 Å². The van der Waals surface area contributed by atoms with E-state index in [4.69, 9.17) is 0 Å². The molecule has 6 nitrogen and oxygen atoms in total. The molecule has 1 unspecified atom stereocenters. The Labute approximate surface area is 160 Å². The number of hydrogen-bond acceptors (Lipinski definition) is 5. The van der Waals surface area contributed by atoms with Crippen molar-refractivity contribution in [2.75, 3.05) is 24.5 Å². The van der Waals surface area contributed by atoms with Crippen LogP contribution in [0.2, 0.25) is 0 Å². The molecule has 2 aromatic rings. The molecule has 2 aliphatic rings. The minimum absolute atomic E-state index is 0.0531. The van der Waals surface area contributed by atoms with Crippen molar-refractivity contribution in [3.63, 3.8) is 0 Å². The fourth-order valence-corrected chi connectivity index (χ4v) is 3.88. The molecule has 0 spiro atoms. The van der Waals surface area contributed by atoms with E-state index in [9.17, 15) is 18.0 Å². The third kappa shape index (κ3) is 3.66. The second-order valence-corrected chi connectivity index (χ2v) is 7.09. The highest BCUT2D eigenvalue weighted by Crippen LogP contribution is 2.29. The molecule has 9 heteroatoms. The number of fused-ring (bicyclic) bond motifs is 1. The van der Waals surface area contributed by atoms with Crippen LogP contribution in [0.3, 0.4) is 0 Å². The van der Waals surface area contributed by atoms with E-state index < -0.39 is 11.7 Å². The van der Waals surface area contributed by atoms with Crippen molar-refractivity contribution >= 4 is 12.4 Å². The monoisotopic (exact) mass is 391 g/mol. The summed E-state index contributed by atoms with van der Waals surface area (Å²) in [5.41, 5.74) is 1.63. The van der Waals surface area contributed by atoms with Crippen LogP contribution < -0.4 is 10.2 Å². The Morgan fingerprint density at radius 3 is 2.50 bits per heavy atom. The molecule has 1 aromatic carbocycles. The number of nitrogens with zero attached hydrogens (tertiary/aromatic N) is 4. The quantitative estimate of drug-likeness (QED) is 0.810. The molecule has 2 aliphatic heterocycles. The van der Waals surface area contributed by atoms with E-state index >= 15 is 0 Å². The molecule has 1 N–H and O–H groups in total. The minimum Gasteiger partial charge on any atom is -0.337 e. The van der Waals surface area contributed by atoms with Gasteiger partial charge in [-0.15, -0.1) is 0 Å². The summed E-state index contributed by atoms with van der Waals surface area (Å²) in [6.45, 7) is 2.13. The van der Waals surface area contributed by atoms with E-state index in [0.717, 1.165) is 31.8 Å². The summed E-state index contributed by atoms with van der Waals surface area (Å²) in [6.07, 6.45) is -1.22. The fraction of sp³-hybridized carbons (Fsp3) is 0.421. The molecule has 148 valence electrons. The number of carbonyl (C=O) groups is 1. The van der Waals surface area contributed by atoms with Crippen molar-refractivity contribution in [2.24, 2.45) is 0 Å². The van der Waals surface area contributed by atoms with Gasteiger partial charge in [0.1, 0.15) is 0 Å². The summed E-state index contributed by atoms with van der Waals surface area (Å²) in [5.74, 6) is 0.250. The van der Waals surface area contributed by atoms with Crippen molar-refractivity contribution in [2.45, 2.75) is 31.2 Å². The first-order chi connectivity index (χ1) is 13.5. The van der Waals surface area contributed by atoms with Gasteiger partial charge in [-0.3, -0.25) is 4.79 Å². The van der Waals surface area contributed by atoms with Gasteiger partial charge < -0.3 is 15.1 Å². The maximum atomic E-state index is 12.7. The van der Waals surface area contributed by atoms with Crippen molar-refractivity contribution in [3.8, 4) is 0 Å². The zero-order valence-electron chi connectivity index (χ0n) is 15.1. The van der Waals surface area contributed by atoms with Gasteiger partial charge in [0, 0.05) is 44.6 Å². The van der Waals surface area contributed by atoms with Crippen LogP contribution in [-0.2, 0) is 23.9 Å². The molecular weight excluding hydrogens is 371 g/mol. The molecule has 1 amide bonds. The number of aromatic nitrogens is 2. The lowest BCUT2D eigenvalue weighted by atomic mass is 9.90. The molecule has 2 atom stereocenters. The van der Waals surface area contributed by atoms with Crippen LogP contribution in [0, 0.1) is 0 Å². The van der Waals surface area contributed by atoms with Crippen LogP contribution in [0.5, 0.6) is 0 Å². The average Bonchev–Trinajstić information content (AvgIpc) is 2.72. The van der Waals surface area contributed by atoms with Gasteiger partial charge in [0.15, 0.2) is 0 Å². The highest BCUT2D eigenvalue weighted by atomic mass is 19.4. The summed E-state index contributed by atoms with van der Waals surface area (Å²) in [5, 5.41) is 3.49. The van der Waals surface area contributed by atoms with Gasteiger partial charge in [-0.1, -0.05) is 24.3 Å². The topological polar surface area (TPSA) is 61.4 Å². The predicted molar refractivity (Wildman–Crippen MR) is 96.6 cm³/mol. The Kier molecular flexibility index (Phi) is 4.92. The number of nitrogens with one attached hydrogen (secondary N) is 1. The maximum Gasteiger partial charge on any atom is 0.419 e. The molecule has 1 aromatic heterocycles. The Morgan fingerprint density at radius 1 is 1.11 bits per heavy atom. The molecule has 0 aliphatic carbocycles. The average molecular weight is 391 g/mol. The maximum absolute atomic E-state index is 12.7. The number of benzene rings is 1. The molecule has 1 fully saturated rings. The van der Waals surface area contributed by atoms with E-state index in [-0.39, 0.29) is 18.0 Å². The molecule has 4 rings (SSSR count). The summed E-state index contributed by atoms with van der Waals surface area (Å²) in [7, 11) is 0. The first kappa shape index (κ1) is 18.7. The lowest BCUT2D eigenvalue weighted by Gasteiger charge is -2.44. The number of carbonyl (C=O) groups excluding carboxylic acids is 1. The van der Waals surface area contributed by atoms with Crippen LogP contribution in [-0.4, -0.2) is 53.0 Å². The number of piperazine rings is 1. The number of rotatable bonds is 3. The smallest absolute Gasteiger partial charge is 0.337 e. The van der Waals surface area contributed by atoms with Crippen molar-refractivity contribution in [1.82, 2.24) is 20.2 Å². The van der Waals surface area contributed by atoms with E-state index in [0.29, 0.717) is 19.6 Å². The summed E-state index contributed by atoms with van der Waals surface area (Å²) < 4.78 is 38.2. The van der Waals surface area contributed by atoms with Gasteiger partial charge in [0.25, 0.3) is 0 Å². The standard InChI is InChI=1S/C19H20F3N5O/c20-19(21,22)15-9-24-18(25-10-15)26-5-6-27(12-28)17(11-26)16-7-13-3-1-2-4-14(13)8-23-16/h1-4,9-10,12,16-17,23H,5-8,11H2/t16-,17?/m0/s1. The highest BCUT2D eigenvalue weighted by molar-refractivity contribution is 5.50. The Morgan fingerprint density at radius 2 is 1.82 bits per heavy atom. The summed E-state index contributed by atoms with van der Waals surface area (Å²) in [4.78, 5) is 23.0. The molecule has 28 heavy (non-hydrogen) atoms. The summed E-state index contributed by atoms with van der Waals surface area (Å²) >= 11 is 0. The number of hydrogen-bond donors (Lipinski definition) is 1. The van der Waals surface area contributed by atoms with E-state index in [1.54, 1.807) is 4.90 Å². The van der Waals surface area contributed by atoms with E-state index in [2.05, 4.69) is 27.4 Å². The zero-order valence-corrected chi connectivity index (χ0v) is 15.1. The molecule has 1 saturated heterocycles. The first-order valence-electron chi connectivity index (χ1n) is 9.11. The van der Waals surface area contributed by atoms with Crippen LogP contribution >= 0.6 is 0 Å². The lowest BCUT2D eigenvalue weighted by molar-refractivity contribution is -0.138. The second kappa shape index (κ2) is 7.38. The SMILES string of the molecule is O=CN1CCN(c2ncc(C(F)(F)F)cn2)CC1[C@@H]1Cc2ccccc2CN1. The number of amides is 1. The summed E-state index contributed by atoms with van der Waals surface area (Å²) in [6, 6.07) is 8.11. The van der Waals surface area contributed by atoms with Gasteiger partial charge in [-0.05, 0) is 17.5 Å². The largest absolute Gasteiger partial charge is 0.419 e. The molecule has 0 saturated carbocycles. The first-order valence-corrected chi connectivity index (χ1v) is 9.11. The van der Waals surface area contributed by atoms with Gasteiger partial charge in [-0.25, -0.2) is 9.97 Å². The number of halogens is 3. The third-order valence-electron chi connectivity index (χ3n) is 5.42. The Bertz CT molecular complexity index is 842. The predicted octanol–water partition coefficient (Wildman–Crippen LogP) is 1.86. The van der Waals surface area contributed by atoms with E-state index in [1.807, 2.05) is 17.0 Å². The molecule has 3 heterocycles. The lowest BCUT2D eigenvalue weighted by Crippen LogP contribution is -2.61. The normalized spacial score (nSPS) is 22.7. The van der Waals surface area contributed by atoms with Crippen molar-refractivity contribution in [3.05, 3.63) is 53.3 Å². The van der Waals surface area contributed by atoms with Crippen LogP contribution in [0.1, 0.15) is 16.7 Å². The Balaban J connectivity index is 1.52. The highest BCUT2D eigenvalue weighted by Gasteiger charge is 2.36. The van der Waals surface area contributed by atoms with Crippen LogP contribution in [0.4, 0.5) is 19.1 Å². The van der Waals surface area contributed by atoms with Gasteiger partial charge in [0.2, 0.25) is 12.4 Å². The van der Waals surface area contributed by atoms with Crippen LogP contribution in [0.25, 0.3) is 0 Å². The molecular formula is C19H20F3N5O. The van der Waals surface area contributed by atoms with Crippen LogP contribution in [0.15, 0.2) is 36.7 Å². The fourth-order valence-electron chi connectivity index (χ4n) is 3.88. The minimum atomic E-state index is -4.46.